The van der Waals surface area contributed by atoms with Crippen LogP contribution in [0.3, 0.4) is 0 Å². The van der Waals surface area contributed by atoms with E-state index in [-0.39, 0.29) is 11.8 Å². The number of fused-ring (bicyclic) bond motifs is 1. The Kier molecular flexibility index (Phi) is 4.74. The van der Waals surface area contributed by atoms with Crippen LogP contribution in [0.4, 0.5) is 19.0 Å². The van der Waals surface area contributed by atoms with E-state index in [0.717, 1.165) is 5.56 Å². The Balaban J connectivity index is 1.73. The van der Waals surface area contributed by atoms with Crippen molar-refractivity contribution in [3.05, 3.63) is 42.4 Å². The Morgan fingerprint density at radius 3 is 2.73 bits per heavy atom. The van der Waals surface area contributed by atoms with Gasteiger partial charge in [-0.2, -0.15) is 18.3 Å². The zero-order valence-corrected chi connectivity index (χ0v) is 13.6. The van der Waals surface area contributed by atoms with Gasteiger partial charge in [0.15, 0.2) is 6.61 Å². The van der Waals surface area contributed by atoms with E-state index < -0.39 is 12.8 Å². The first-order chi connectivity index (χ1) is 12.3. The standard InChI is InChI=1S/C16H14F3N5O2/c1-10(25)22-15-12-8-24(23-13(12)4-5-20-15)7-11-2-3-14(21-6-11)26-9-16(17,18)19/h2-6,8H,7,9H2,1H3,(H,20,22,25). The summed E-state index contributed by atoms with van der Waals surface area (Å²) in [5.41, 5.74) is 1.38. The van der Waals surface area contributed by atoms with E-state index >= 15 is 0 Å². The Labute approximate surface area is 145 Å². The highest BCUT2D eigenvalue weighted by atomic mass is 19.4. The fourth-order valence-electron chi connectivity index (χ4n) is 2.27. The lowest BCUT2D eigenvalue weighted by atomic mass is 10.3. The topological polar surface area (TPSA) is 81.9 Å². The summed E-state index contributed by atoms with van der Waals surface area (Å²) in [6.07, 6.45) is 0.279. The number of pyridine rings is 2. The van der Waals surface area contributed by atoms with Crippen LogP contribution in [0, 0.1) is 0 Å². The molecule has 0 bridgehead atoms. The van der Waals surface area contributed by atoms with E-state index in [1.165, 1.54) is 19.2 Å². The number of rotatable bonds is 5. The molecule has 0 fully saturated rings. The molecule has 10 heteroatoms. The summed E-state index contributed by atoms with van der Waals surface area (Å²) < 4.78 is 42.6. The van der Waals surface area contributed by atoms with Crippen LogP contribution in [0.1, 0.15) is 12.5 Å². The summed E-state index contributed by atoms with van der Waals surface area (Å²) in [6.45, 7) is 0.350. The van der Waals surface area contributed by atoms with Gasteiger partial charge in [-0.25, -0.2) is 9.97 Å². The number of carbonyl (C=O) groups is 1. The molecule has 3 rings (SSSR count). The molecule has 0 spiro atoms. The Morgan fingerprint density at radius 1 is 1.27 bits per heavy atom. The van der Waals surface area contributed by atoms with Crippen molar-refractivity contribution >= 4 is 22.6 Å². The minimum atomic E-state index is -4.41. The van der Waals surface area contributed by atoms with Crippen LogP contribution in [0.25, 0.3) is 10.9 Å². The number of carbonyl (C=O) groups excluding carboxylic acids is 1. The minimum absolute atomic E-state index is 0.103. The number of hydrogen-bond donors (Lipinski definition) is 1. The highest BCUT2D eigenvalue weighted by Crippen LogP contribution is 2.21. The smallest absolute Gasteiger partial charge is 0.422 e. The average molecular weight is 365 g/mol. The molecule has 3 aromatic rings. The SMILES string of the molecule is CC(=O)Nc1nccc2nn(Cc3ccc(OCC(F)(F)F)nc3)cc12. The van der Waals surface area contributed by atoms with Gasteiger partial charge >= 0.3 is 6.18 Å². The second kappa shape index (κ2) is 6.98. The van der Waals surface area contributed by atoms with Gasteiger partial charge in [0.2, 0.25) is 11.8 Å². The van der Waals surface area contributed by atoms with E-state index in [2.05, 4.69) is 25.1 Å². The van der Waals surface area contributed by atoms with Crippen molar-refractivity contribution in [2.24, 2.45) is 0 Å². The molecule has 0 aliphatic carbocycles. The average Bonchev–Trinajstić information content (AvgIpc) is 2.96. The molecule has 3 aromatic heterocycles. The van der Waals surface area contributed by atoms with Crippen LogP contribution < -0.4 is 10.1 Å². The summed E-state index contributed by atoms with van der Waals surface area (Å²) in [5.74, 6) is 0.0699. The van der Waals surface area contributed by atoms with Crippen molar-refractivity contribution in [2.45, 2.75) is 19.6 Å². The number of hydrogen-bond acceptors (Lipinski definition) is 5. The van der Waals surface area contributed by atoms with E-state index in [1.807, 2.05) is 0 Å². The molecule has 0 aliphatic heterocycles. The van der Waals surface area contributed by atoms with Gasteiger partial charge in [0.1, 0.15) is 5.82 Å². The molecule has 1 N–H and O–H groups in total. The number of anilines is 1. The third kappa shape index (κ3) is 4.47. The second-order valence-electron chi connectivity index (χ2n) is 5.51. The normalized spacial score (nSPS) is 11.5. The summed E-state index contributed by atoms with van der Waals surface area (Å²) >= 11 is 0. The van der Waals surface area contributed by atoms with E-state index in [4.69, 9.17) is 0 Å². The Bertz CT molecular complexity index is 922. The maximum absolute atomic E-state index is 12.1. The molecule has 0 saturated carbocycles. The lowest BCUT2D eigenvalue weighted by molar-refractivity contribution is -0.154. The highest BCUT2D eigenvalue weighted by molar-refractivity contribution is 5.98. The van der Waals surface area contributed by atoms with Gasteiger partial charge in [-0.05, 0) is 11.6 Å². The number of ether oxygens (including phenoxy) is 1. The molecule has 0 saturated heterocycles. The number of nitrogens with zero attached hydrogens (tertiary/aromatic N) is 4. The molecule has 0 radical (unpaired) electrons. The molecule has 7 nitrogen and oxygen atoms in total. The van der Waals surface area contributed by atoms with Gasteiger partial charge in [-0.15, -0.1) is 0 Å². The Hall–Kier alpha value is -3.17. The quantitative estimate of drug-likeness (QED) is 0.752. The summed E-state index contributed by atoms with van der Waals surface area (Å²) in [6, 6.07) is 4.69. The van der Waals surface area contributed by atoms with Gasteiger partial charge in [0.05, 0.1) is 17.4 Å². The third-order valence-electron chi connectivity index (χ3n) is 3.30. The van der Waals surface area contributed by atoms with Crippen molar-refractivity contribution in [1.29, 1.82) is 0 Å². The molecule has 1 amide bonds. The highest BCUT2D eigenvalue weighted by Gasteiger charge is 2.28. The lowest BCUT2D eigenvalue weighted by Gasteiger charge is -2.08. The van der Waals surface area contributed by atoms with Gasteiger partial charge < -0.3 is 10.1 Å². The summed E-state index contributed by atoms with van der Waals surface area (Å²) in [5, 5.41) is 7.70. The molecule has 0 aromatic carbocycles. The van der Waals surface area contributed by atoms with E-state index in [9.17, 15) is 18.0 Å². The van der Waals surface area contributed by atoms with Crippen LogP contribution >= 0.6 is 0 Å². The number of amides is 1. The Morgan fingerprint density at radius 2 is 2.08 bits per heavy atom. The van der Waals surface area contributed by atoms with Crippen LogP contribution in [0.5, 0.6) is 5.88 Å². The van der Waals surface area contributed by atoms with Crippen molar-refractivity contribution < 1.29 is 22.7 Å². The third-order valence-corrected chi connectivity index (χ3v) is 3.30. The molecule has 0 atom stereocenters. The molecule has 136 valence electrons. The predicted molar refractivity (Wildman–Crippen MR) is 86.7 cm³/mol. The van der Waals surface area contributed by atoms with Gasteiger partial charge in [-0.1, -0.05) is 6.07 Å². The van der Waals surface area contributed by atoms with Crippen molar-refractivity contribution in [2.75, 3.05) is 11.9 Å². The monoisotopic (exact) mass is 365 g/mol. The first kappa shape index (κ1) is 17.6. The number of nitrogens with one attached hydrogen (secondary N) is 1. The van der Waals surface area contributed by atoms with Crippen molar-refractivity contribution in [1.82, 2.24) is 19.7 Å². The first-order valence-corrected chi connectivity index (χ1v) is 7.54. The van der Waals surface area contributed by atoms with Crippen LogP contribution in [-0.2, 0) is 11.3 Å². The molecule has 3 heterocycles. The van der Waals surface area contributed by atoms with Crippen LogP contribution in [-0.4, -0.2) is 38.4 Å². The van der Waals surface area contributed by atoms with Crippen molar-refractivity contribution in [3.63, 3.8) is 0 Å². The van der Waals surface area contributed by atoms with Gasteiger partial charge in [0, 0.05) is 31.6 Å². The van der Waals surface area contributed by atoms with Crippen LogP contribution in [0.15, 0.2) is 36.8 Å². The van der Waals surface area contributed by atoms with Crippen molar-refractivity contribution in [3.8, 4) is 5.88 Å². The fraction of sp³-hybridized carbons (Fsp3) is 0.250. The predicted octanol–water partition coefficient (Wildman–Crippen LogP) is 2.77. The molecule has 0 aliphatic rings. The molecular weight excluding hydrogens is 351 g/mol. The molecule has 26 heavy (non-hydrogen) atoms. The molecule has 0 unspecified atom stereocenters. The molecular formula is C16H14F3N5O2. The summed E-state index contributed by atoms with van der Waals surface area (Å²) in [7, 11) is 0. The number of halogens is 3. The maximum atomic E-state index is 12.1. The summed E-state index contributed by atoms with van der Waals surface area (Å²) in [4.78, 5) is 19.2. The first-order valence-electron chi connectivity index (χ1n) is 7.54. The maximum Gasteiger partial charge on any atom is 0.422 e. The number of aromatic nitrogens is 4. The van der Waals surface area contributed by atoms with Gasteiger partial charge in [-0.3, -0.25) is 9.48 Å². The van der Waals surface area contributed by atoms with Gasteiger partial charge in [0.25, 0.3) is 0 Å². The lowest BCUT2D eigenvalue weighted by Crippen LogP contribution is -2.19. The van der Waals surface area contributed by atoms with Crippen LogP contribution in [0.2, 0.25) is 0 Å². The van der Waals surface area contributed by atoms with E-state index in [0.29, 0.717) is 23.3 Å². The second-order valence-corrected chi connectivity index (χ2v) is 5.51. The minimum Gasteiger partial charge on any atom is -0.468 e. The fourth-order valence-corrected chi connectivity index (χ4v) is 2.27. The zero-order valence-electron chi connectivity index (χ0n) is 13.6. The van der Waals surface area contributed by atoms with E-state index in [1.54, 1.807) is 29.2 Å². The zero-order chi connectivity index (χ0) is 18.7. The largest absolute Gasteiger partial charge is 0.468 e. The number of alkyl halides is 3.